The molecule has 3 nitrogen and oxygen atoms in total. The van der Waals surface area contributed by atoms with E-state index in [9.17, 15) is 0 Å². The van der Waals surface area contributed by atoms with Crippen molar-refractivity contribution in [3.8, 4) is 0 Å². The number of furan rings is 1. The highest BCUT2D eigenvalue weighted by Crippen LogP contribution is 2.17. The first-order valence-corrected chi connectivity index (χ1v) is 5.37. The van der Waals surface area contributed by atoms with Gasteiger partial charge in [0.1, 0.15) is 5.76 Å². The van der Waals surface area contributed by atoms with Crippen LogP contribution in [0.25, 0.3) is 0 Å². The summed E-state index contributed by atoms with van der Waals surface area (Å²) in [5.74, 6) is 1.92. The van der Waals surface area contributed by atoms with Crippen LogP contribution in [0.5, 0.6) is 0 Å². The van der Waals surface area contributed by atoms with E-state index >= 15 is 0 Å². The highest BCUT2D eigenvalue weighted by atomic mass is 16.4. The second kappa shape index (κ2) is 4.51. The molecule has 1 fully saturated rings. The fourth-order valence-electron chi connectivity index (χ4n) is 1.94. The molecular weight excluding hydrogens is 176 g/mol. The molecule has 14 heavy (non-hydrogen) atoms. The van der Waals surface area contributed by atoms with Gasteiger partial charge in [-0.25, -0.2) is 0 Å². The highest BCUT2D eigenvalue weighted by molar-refractivity contribution is 5.30. The normalized spacial score (nSPS) is 18.4. The van der Waals surface area contributed by atoms with E-state index in [2.05, 4.69) is 16.3 Å². The van der Waals surface area contributed by atoms with Crippen molar-refractivity contribution in [2.45, 2.75) is 25.8 Å². The Balaban J connectivity index is 1.89. The Bertz CT molecular complexity index is 277. The standard InChI is InChI=1S/C11H18N2O/c1-12-11-6-5-10(14-11)9-13-7-3-2-4-8-13/h5-6,12H,2-4,7-9H2,1H3. The van der Waals surface area contributed by atoms with E-state index < -0.39 is 0 Å². The molecule has 0 atom stereocenters. The predicted octanol–water partition coefficient (Wildman–Crippen LogP) is 2.31. The maximum atomic E-state index is 5.58. The molecule has 2 rings (SSSR count). The van der Waals surface area contributed by atoms with E-state index in [-0.39, 0.29) is 0 Å². The van der Waals surface area contributed by atoms with Crippen LogP contribution < -0.4 is 5.32 Å². The molecule has 1 saturated heterocycles. The summed E-state index contributed by atoms with van der Waals surface area (Å²) in [5, 5.41) is 3.00. The van der Waals surface area contributed by atoms with Crippen LogP contribution in [0.3, 0.4) is 0 Å². The Morgan fingerprint density at radius 3 is 2.71 bits per heavy atom. The third-order valence-corrected chi connectivity index (χ3v) is 2.74. The fourth-order valence-corrected chi connectivity index (χ4v) is 1.94. The summed E-state index contributed by atoms with van der Waals surface area (Å²) in [4.78, 5) is 2.46. The third kappa shape index (κ3) is 2.29. The van der Waals surface area contributed by atoms with Gasteiger partial charge in [0.2, 0.25) is 0 Å². The minimum absolute atomic E-state index is 0.858. The van der Waals surface area contributed by atoms with Gasteiger partial charge in [0.15, 0.2) is 5.88 Å². The van der Waals surface area contributed by atoms with Gasteiger partial charge in [-0.1, -0.05) is 6.42 Å². The number of likely N-dealkylation sites (tertiary alicyclic amines) is 1. The topological polar surface area (TPSA) is 28.4 Å². The first-order valence-electron chi connectivity index (χ1n) is 5.37. The monoisotopic (exact) mass is 194 g/mol. The van der Waals surface area contributed by atoms with Gasteiger partial charge in [-0.2, -0.15) is 0 Å². The molecule has 1 aliphatic rings. The second-order valence-corrected chi connectivity index (χ2v) is 3.85. The molecule has 3 heteroatoms. The van der Waals surface area contributed by atoms with Gasteiger partial charge in [0.05, 0.1) is 6.54 Å². The number of rotatable bonds is 3. The quantitative estimate of drug-likeness (QED) is 0.800. The molecule has 2 heterocycles. The number of anilines is 1. The summed E-state index contributed by atoms with van der Waals surface area (Å²) in [6.07, 6.45) is 4.05. The highest BCUT2D eigenvalue weighted by Gasteiger charge is 2.11. The largest absolute Gasteiger partial charge is 0.444 e. The van der Waals surface area contributed by atoms with Crippen LogP contribution in [0, 0.1) is 0 Å². The van der Waals surface area contributed by atoms with E-state index in [0.717, 1.165) is 18.2 Å². The van der Waals surface area contributed by atoms with Crippen molar-refractivity contribution in [2.75, 3.05) is 25.5 Å². The molecule has 1 aromatic rings. The zero-order valence-corrected chi connectivity index (χ0v) is 8.75. The van der Waals surface area contributed by atoms with Crippen molar-refractivity contribution in [3.05, 3.63) is 17.9 Å². The van der Waals surface area contributed by atoms with Crippen molar-refractivity contribution < 1.29 is 4.42 Å². The number of nitrogens with zero attached hydrogens (tertiary/aromatic N) is 1. The van der Waals surface area contributed by atoms with Crippen LogP contribution in [0.2, 0.25) is 0 Å². The van der Waals surface area contributed by atoms with Crippen molar-refractivity contribution >= 4 is 5.88 Å². The van der Waals surface area contributed by atoms with Gasteiger partial charge in [-0.15, -0.1) is 0 Å². The average Bonchev–Trinajstić information content (AvgIpc) is 2.67. The minimum Gasteiger partial charge on any atom is -0.444 e. The van der Waals surface area contributed by atoms with Gasteiger partial charge < -0.3 is 9.73 Å². The summed E-state index contributed by atoms with van der Waals surface area (Å²) in [7, 11) is 1.88. The van der Waals surface area contributed by atoms with Crippen molar-refractivity contribution in [2.24, 2.45) is 0 Å². The number of nitrogens with one attached hydrogen (secondary N) is 1. The molecular formula is C11H18N2O. The molecule has 0 aromatic carbocycles. The Kier molecular flexibility index (Phi) is 3.09. The van der Waals surface area contributed by atoms with Gasteiger partial charge in [0, 0.05) is 13.1 Å². The fraction of sp³-hybridized carbons (Fsp3) is 0.636. The molecule has 78 valence electrons. The molecule has 0 aliphatic carbocycles. The first-order chi connectivity index (χ1) is 6.88. The molecule has 0 radical (unpaired) electrons. The number of hydrogen-bond acceptors (Lipinski definition) is 3. The van der Waals surface area contributed by atoms with Crippen LogP contribution in [0.15, 0.2) is 16.5 Å². The van der Waals surface area contributed by atoms with Crippen LogP contribution >= 0.6 is 0 Å². The summed E-state index contributed by atoms with van der Waals surface area (Å²) >= 11 is 0. The summed E-state index contributed by atoms with van der Waals surface area (Å²) in [6, 6.07) is 4.04. The minimum atomic E-state index is 0.858. The van der Waals surface area contributed by atoms with Crippen LogP contribution in [-0.2, 0) is 6.54 Å². The Morgan fingerprint density at radius 1 is 1.29 bits per heavy atom. The van der Waals surface area contributed by atoms with Crippen molar-refractivity contribution in [3.63, 3.8) is 0 Å². The zero-order valence-electron chi connectivity index (χ0n) is 8.75. The molecule has 1 N–H and O–H groups in total. The van der Waals surface area contributed by atoms with Crippen LogP contribution in [-0.4, -0.2) is 25.0 Å². The zero-order chi connectivity index (χ0) is 9.80. The SMILES string of the molecule is CNc1ccc(CN2CCCCC2)o1. The summed E-state index contributed by atoms with van der Waals surface area (Å²) in [6.45, 7) is 3.40. The van der Waals surface area contributed by atoms with Crippen LogP contribution in [0.1, 0.15) is 25.0 Å². The third-order valence-electron chi connectivity index (χ3n) is 2.74. The second-order valence-electron chi connectivity index (χ2n) is 3.85. The molecule has 0 unspecified atom stereocenters. The summed E-state index contributed by atoms with van der Waals surface area (Å²) < 4.78 is 5.58. The lowest BCUT2D eigenvalue weighted by Gasteiger charge is -2.25. The molecule has 0 spiro atoms. The Morgan fingerprint density at radius 2 is 2.07 bits per heavy atom. The smallest absolute Gasteiger partial charge is 0.192 e. The molecule has 0 bridgehead atoms. The molecule has 0 amide bonds. The Hall–Kier alpha value is -0.960. The average molecular weight is 194 g/mol. The lowest BCUT2D eigenvalue weighted by Crippen LogP contribution is -2.28. The summed E-state index contributed by atoms with van der Waals surface area (Å²) in [5.41, 5.74) is 0. The maximum absolute atomic E-state index is 5.58. The molecule has 0 saturated carbocycles. The Labute approximate surface area is 85.1 Å². The van der Waals surface area contributed by atoms with Crippen LogP contribution in [0.4, 0.5) is 5.88 Å². The van der Waals surface area contributed by atoms with Crippen molar-refractivity contribution in [1.82, 2.24) is 4.90 Å². The number of piperidine rings is 1. The lowest BCUT2D eigenvalue weighted by atomic mass is 10.1. The maximum Gasteiger partial charge on any atom is 0.192 e. The lowest BCUT2D eigenvalue weighted by molar-refractivity contribution is 0.206. The van der Waals surface area contributed by atoms with Gasteiger partial charge >= 0.3 is 0 Å². The molecule has 1 aliphatic heterocycles. The number of hydrogen-bond donors (Lipinski definition) is 1. The first kappa shape index (κ1) is 9.59. The van der Waals surface area contributed by atoms with E-state index in [1.807, 2.05) is 13.1 Å². The van der Waals surface area contributed by atoms with E-state index in [4.69, 9.17) is 4.42 Å². The van der Waals surface area contributed by atoms with E-state index in [1.54, 1.807) is 0 Å². The van der Waals surface area contributed by atoms with Gasteiger partial charge in [-0.3, -0.25) is 4.90 Å². The van der Waals surface area contributed by atoms with Crippen molar-refractivity contribution in [1.29, 1.82) is 0 Å². The van der Waals surface area contributed by atoms with E-state index in [0.29, 0.717) is 0 Å². The van der Waals surface area contributed by atoms with Gasteiger partial charge in [-0.05, 0) is 32.0 Å². The molecule has 1 aromatic heterocycles. The van der Waals surface area contributed by atoms with Gasteiger partial charge in [0.25, 0.3) is 0 Å². The van der Waals surface area contributed by atoms with E-state index in [1.165, 1.54) is 32.4 Å². The predicted molar refractivity (Wildman–Crippen MR) is 57.4 cm³/mol.